The average molecular weight is 502 g/mol. The zero-order valence-corrected chi connectivity index (χ0v) is 20.8. The van der Waals surface area contributed by atoms with Crippen LogP contribution in [0.3, 0.4) is 0 Å². The molecule has 4 heterocycles. The molecule has 3 aromatic heterocycles. The number of ether oxygens (including phenoxy) is 1. The highest BCUT2D eigenvalue weighted by Gasteiger charge is 2.28. The number of fused-ring (bicyclic) bond motifs is 2. The van der Waals surface area contributed by atoms with E-state index < -0.39 is 11.7 Å². The standard InChI is InChI=1S/C26H27N7O4/c1-26(2,3)37-25(36)31-10-6-7-17(14-31)29-22-11-20(30-23-16(12-27)13-28-33(22)23)19-15-32(24(34)35)21-9-5-4-8-18(19)21/h4-5,8-9,11,13,15,17,29H,6-7,10,14H2,1-3H3,(H,34,35). The quantitative estimate of drug-likeness (QED) is 0.417. The van der Waals surface area contributed by atoms with E-state index in [-0.39, 0.29) is 12.1 Å². The number of carboxylic acid groups (broad SMARTS) is 1. The SMILES string of the molecule is CC(C)(C)OC(=O)N1CCCC(Nc2cc(-c3cn(C(=O)O)c4ccccc34)nc3c(C#N)cnn23)C1. The van der Waals surface area contributed by atoms with E-state index in [4.69, 9.17) is 4.74 Å². The Hall–Kier alpha value is -4.59. The zero-order chi connectivity index (χ0) is 26.3. The van der Waals surface area contributed by atoms with Crippen molar-refractivity contribution in [3.63, 3.8) is 0 Å². The van der Waals surface area contributed by atoms with Gasteiger partial charge in [0.25, 0.3) is 0 Å². The van der Waals surface area contributed by atoms with Gasteiger partial charge in [0, 0.05) is 42.3 Å². The van der Waals surface area contributed by atoms with Crippen molar-refractivity contribution in [1.29, 1.82) is 5.26 Å². The first-order chi connectivity index (χ1) is 17.6. The van der Waals surface area contributed by atoms with E-state index in [2.05, 4.69) is 21.5 Å². The molecular weight excluding hydrogens is 474 g/mol. The summed E-state index contributed by atoms with van der Waals surface area (Å²) in [6.07, 6.45) is 3.14. The van der Waals surface area contributed by atoms with Gasteiger partial charge in [-0.05, 0) is 39.7 Å². The van der Waals surface area contributed by atoms with Crippen molar-refractivity contribution in [2.24, 2.45) is 0 Å². The molecule has 1 aliphatic heterocycles. The highest BCUT2D eigenvalue weighted by molar-refractivity contribution is 6.00. The Morgan fingerprint density at radius 1 is 1.27 bits per heavy atom. The van der Waals surface area contributed by atoms with Gasteiger partial charge in [-0.3, -0.25) is 4.57 Å². The Balaban J connectivity index is 1.54. The molecule has 1 aliphatic rings. The lowest BCUT2D eigenvalue weighted by Gasteiger charge is -2.34. The third-order valence-corrected chi connectivity index (χ3v) is 6.21. The molecule has 1 atom stereocenters. The van der Waals surface area contributed by atoms with Crippen LogP contribution < -0.4 is 5.32 Å². The summed E-state index contributed by atoms with van der Waals surface area (Å²) in [5.74, 6) is 0.588. The first-order valence-corrected chi connectivity index (χ1v) is 12.0. The average Bonchev–Trinajstić information content (AvgIpc) is 3.45. The molecule has 0 radical (unpaired) electrons. The summed E-state index contributed by atoms with van der Waals surface area (Å²) in [5.41, 5.74) is 1.73. The molecule has 4 aromatic rings. The van der Waals surface area contributed by atoms with Gasteiger partial charge in [0.05, 0.1) is 17.4 Å². The number of carbonyl (C=O) groups is 2. The molecule has 0 saturated carbocycles. The Morgan fingerprint density at radius 2 is 2.05 bits per heavy atom. The Morgan fingerprint density at radius 3 is 2.78 bits per heavy atom. The summed E-state index contributed by atoms with van der Waals surface area (Å²) in [7, 11) is 0. The molecule has 1 amide bonds. The number of hydrogen-bond acceptors (Lipinski definition) is 7. The van der Waals surface area contributed by atoms with Gasteiger partial charge in [0.15, 0.2) is 5.65 Å². The van der Waals surface area contributed by atoms with E-state index in [9.17, 15) is 20.0 Å². The maximum atomic E-state index is 12.6. The maximum absolute atomic E-state index is 12.6. The van der Waals surface area contributed by atoms with E-state index in [1.807, 2.05) is 32.9 Å². The summed E-state index contributed by atoms with van der Waals surface area (Å²) in [5, 5.41) is 27.9. The Bertz CT molecular complexity index is 1560. The van der Waals surface area contributed by atoms with Crippen molar-refractivity contribution in [3.8, 4) is 17.3 Å². The smallest absolute Gasteiger partial charge is 0.416 e. The second kappa shape index (κ2) is 9.13. The first kappa shape index (κ1) is 24.1. The van der Waals surface area contributed by atoms with Crippen LogP contribution >= 0.6 is 0 Å². The van der Waals surface area contributed by atoms with Crippen molar-refractivity contribution >= 4 is 34.6 Å². The number of nitriles is 1. The summed E-state index contributed by atoms with van der Waals surface area (Å²) in [4.78, 5) is 30.9. The van der Waals surface area contributed by atoms with Crippen molar-refractivity contribution in [2.75, 3.05) is 18.4 Å². The number of benzene rings is 1. The summed E-state index contributed by atoms with van der Waals surface area (Å²) in [6, 6.07) is 11.0. The number of amides is 1. The van der Waals surface area contributed by atoms with Crippen LogP contribution in [0.4, 0.5) is 15.4 Å². The predicted molar refractivity (Wildman–Crippen MR) is 137 cm³/mol. The molecule has 2 N–H and O–H groups in total. The minimum absolute atomic E-state index is 0.0881. The fraction of sp³-hybridized carbons (Fsp3) is 0.346. The second-order valence-electron chi connectivity index (χ2n) is 10.1. The fourth-order valence-electron chi connectivity index (χ4n) is 4.62. The third-order valence-electron chi connectivity index (χ3n) is 6.21. The molecule has 0 bridgehead atoms. The molecule has 190 valence electrons. The van der Waals surface area contributed by atoms with Crippen LogP contribution in [-0.4, -0.2) is 66.1 Å². The molecule has 5 rings (SSSR count). The number of nitrogens with zero attached hydrogens (tertiary/aromatic N) is 6. The van der Waals surface area contributed by atoms with Crippen LogP contribution in [-0.2, 0) is 4.74 Å². The molecule has 1 aromatic carbocycles. The minimum Gasteiger partial charge on any atom is -0.464 e. The molecular formula is C26H27N7O4. The Kier molecular flexibility index (Phi) is 5.95. The number of piperidine rings is 1. The van der Waals surface area contributed by atoms with Gasteiger partial charge in [0.2, 0.25) is 0 Å². The van der Waals surface area contributed by atoms with Gasteiger partial charge >= 0.3 is 12.2 Å². The van der Waals surface area contributed by atoms with Gasteiger partial charge < -0.3 is 20.1 Å². The van der Waals surface area contributed by atoms with Gasteiger partial charge in [-0.15, -0.1) is 0 Å². The van der Waals surface area contributed by atoms with Crippen molar-refractivity contribution < 1.29 is 19.4 Å². The van der Waals surface area contributed by atoms with Crippen LogP contribution in [0, 0.1) is 11.3 Å². The fourth-order valence-corrected chi connectivity index (χ4v) is 4.62. The monoisotopic (exact) mass is 501 g/mol. The summed E-state index contributed by atoms with van der Waals surface area (Å²) >= 11 is 0. The zero-order valence-electron chi connectivity index (χ0n) is 20.8. The highest BCUT2D eigenvalue weighted by atomic mass is 16.6. The summed E-state index contributed by atoms with van der Waals surface area (Å²) in [6.45, 7) is 6.57. The number of anilines is 1. The van der Waals surface area contributed by atoms with E-state index in [1.165, 1.54) is 12.4 Å². The largest absolute Gasteiger partial charge is 0.464 e. The van der Waals surface area contributed by atoms with Crippen LogP contribution in [0.2, 0.25) is 0 Å². The number of nitrogens with one attached hydrogen (secondary N) is 1. The van der Waals surface area contributed by atoms with Gasteiger partial charge in [-0.1, -0.05) is 18.2 Å². The number of likely N-dealkylation sites (tertiary alicyclic amines) is 1. The lowest BCUT2D eigenvalue weighted by atomic mass is 10.1. The van der Waals surface area contributed by atoms with Gasteiger partial charge in [-0.25, -0.2) is 14.6 Å². The van der Waals surface area contributed by atoms with Crippen LogP contribution in [0.5, 0.6) is 0 Å². The maximum Gasteiger partial charge on any atom is 0.416 e. The molecule has 1 saturated heterocycles. The van der Waals surface area contributed by atoms with E-state index in [0.29, 0.717) is 46.9 Å². The van der Waals surface area contributed by atoms with E-state index >= 15 is 0 Å². The molecule has 1 fully saturated rings. The predicted octanol–water partition coefficient (Wildman–Crippen LogP) is 4.56. The van der Waals surface area contributed by atoms with E-state index in [1.54, 1.807) is 27.6 Å². The topological polar surface area (TPSA) is 138 Å². The molecule has 0 aliphatic carbocycles. The number of para-hydroxylation sites is 1. The first-order valence-electron chi connectivity index (χ1n) is 12.0. The third kappa shape index (κ3) is 4.65. The van der Waals surface area contributed by atoms with Crippen molar-refractivity contribution in [1.82, 2.24) is 24.1 Å². The number of hydrogen-bond donors (Lipinski definition) is 2. The summed E-state index contributed by atoms with van der Waals surface area (Å²) < 4.78 is 8.27. The van der Waals surface area contributed by atoms with Crippen LogP contribution in [0.15, 0.2) is 42.7 Å². The highest BCUT2D eigenvalue weighted by Crippen LogP contribution is 2.32. The van der Waals surface area contributed by atoms with Gasteiger partial charge in [0.1, 0.15) is 23.1 Å². The molecule has 11 nitrogen and oxygen atoms in total. The second-order valence-corrected chi connectivity index (χ2v) is 10.1. The van der Waals surface area contributed by atoms with Gasteiger partial charge in [-0.2, -0.15) is 14.9 Å². The lowest BCUT2D eigenvalue weighted by Crippen LogP contribution is -2.47. The normalized spacial score (nSPS) is 16.1. The molecule has 11 heteroatoms. The minimum atomic E-state index is -1.10. The lowest BCUT2D eigenvalue weighted by molar-refractivity contribution is 0.0206. The Labute approximate surface area is 212 Å². The molecule has 37 heavy (non-hydrogen) atoms. The van der Waals surface area contributed by atoms with Crippen molar-refractivity contribution in [3.05, 3.63) is 48.3 Å². The number of carbonyl (C=O) groups excluding carboxylic acids is 1. The molecule has 1 unspecified atom stereocenters. The van der Waals surface area contributed by atoms with Crippen molar-refractivity contribution in [2.45, 2.75) is 45.3 Å². The number of rotatable bonds is 3. The van der Waals surface area contributed by atoms with Crippen LogP contribution in [0.1, 0.15) is 39.2 Å². The van der Waals surface area contributed by atoms with Crippen LogP contribution in [0.25, 0.3) is 27.8 Å². The van der Waals surface area contributed by atoms with E-state index in [0.717, 1.165) is 22.8 Å². The molecule has 0 spiro atoms. The number of aromatic nitrogens is 4.